The first-order valence-corrected chi connectivity index (χ1v) is 5.30. The lowest BCUT2D eigenvalue weighted by atomic mass is 10.5. The molecule has 0 atom stereocenters. The molecular weight excluding hydrogens is 234 g/mol. The van der Waals surface area contributed by atoms with Gasteiger partial charge in [0.15, 0.2) is 0 Å². The van der Waals surface area contributed by atoms with E-state index in [9.17, 15) is 0 Å². The average Bonchev–Trinajstić information content (AvgIpc) is 2.63. The molecule has 0 unspecified atom stereocenters. The molecule has 0 aliphatic heterocycles. The molecule has 0 saturated carbocycles. The summed E-state index contributed by atoms with van der Waals surface area (Å²) < 4.78 is 3.36. The van der Waals surface area contributed by atoms with E-state index >= 15 is 0 Å². The van der Waals surface area contributed by atoms with Crippen LogP contribution in [0.25, 0.3) is 0 Å². The van der Waals surface area contributed by atoms with Crippen molar-refractivity contribution in [3.8, 4) is 0 Å². The Morgan fingerprint density at radius 1 is 1.25 bits per heavy atom. The third kappa shape index (κ3) is 1.79. The second-order valence-corrected chi connectivity index (χ2v) is 5.11. The highest BCUT2D eigenvalue weighted by atomic mass is 79.9. The molecule has 3 heteroatoms. The van der Waals surface area contributed by atoms with Crippen molar-refractivity contribution in [3.63, 3.8) is 0 Å². The lowest BCUT2D eigenvalue weighted by Gasteiger charge is -1.97. The second kappa shape index (κ2) is 3.46. The second-order valence-electron chi connectivity index (χ2n) is 2.56. The molecule has 62 valence electrons. The van der Waals surface area contributed by atoms with Crippen molar-refractivity contribution in [1.29, 1.82) is 0 Å². The zero-order valence-corrected chi connectivity index (χ0v) is 8.81. The van der Waals surface area contributed by atoms with Crippen molar-refractivity contribution in [1.82, 2.24) is 4.57 Å². The van der Waals surface area contributed by atoms with Crippen LogP contribution in [0.2, 0.25) is 0 Å². The summed E-state index contributed by atoms with van der Waals surface area (Å²) in [6, 6.07) is 8.32. The van der Waals surface area contributed by atoms with E-state index in [2.05, 4.69) is 45.0 Å². The Labute approximate surface area is 83.8 Å². The minimum atomic E-state index is 0.975. The standard InChI is InChI=1S/C9H8BrNS/c10-9-4-3-8(12-9)7-11-5-1-2-6-11/h1-6H,7H2. The first kappa shape index (κ1) is 8.08. The van der Waals surface area contributed by atoms with E-state index in [0.29, 0.717) is 0 Å². The maximum atomic E-state index is 3.45. The Morgan fingerprint density at radius 2 is 2.00 bits per heavy atom. The number of halogens is 1. The van der Waals surface area contributed by atoms with Crippen LogP contribution in [0.1, 0.15) is 4.88 Å². The highest BCUT2D eigenvalue weighted by molar-refractivity contribution is 9.11. The lowest BCUT2D eigenvalue weighted by Crippen LogP contribution is -1.92. The molecule has 1 nitrogen and oxygen atoms in total. The Morgan fingerprint density at radius 3 is 2.58 bits per heavy atom. The molecule has 0 aliphatic carbocycles. The van der Waals surface area contributed by atoms with Gasteiger partial charge in [0, 0.05) is 17.3 Å². The largest absolute Gasteiger partial charge is 0.349 e. The molecule has 0 saturated heterocycles. The number of hydrogen-bond donors (Lipinski definition) is 0. The Balaban J connectivity index is 2.14. The third-order valence-corrected chi connectivity index (χ3v) is 3.24. The predicted molar refractivity (Wildman–Crippen MR) is 55.6 cm³/mol. The molecule has 0 spiro atoms. The van der Waals surface area contributed by atoms with Gasteiger partial charge in [-0.15, -0.1) is 11.3 Å². The molecule has 0 amide bonds. The van der Waals surface area contributed by atoms with Crippen LogP contribution < -0.4 is 0 Å². The maximum absolute atomic E-state index is 3.45. The smallest absolute Gasteiger partial charge is 0.0702 e. The SMILES string of the molecule is Brc1ccc(Cn2cccc2)s1. The summed E-state index contributed by atoms with van der Waals surface area (Å²) in [6.45, 7) is 0.975. The minimum Gasteiger partial charge on any atom is -0.349 e. The summed E-state index contributed by atoms with van der Waals surface area (Å²) in [7, 11) is 0. The summed E-state index contributed by atoms with van der Waals surface area (Å²) in [5.41, 5.74) is 0. The number of rotatable bonds is 2. The molecule has 12 heavy (non-hydrogen) atoms. The zero-order chi connectivity index (χ0) is 8.39. The highest BCUT2D eigenvalue weighted by Gasteiger charge is 1.96. The zero-order valence-electron chi connectivity index (χ0n) is 6.40. The van der Waals surface area contributed by atoms with Crippen LogP contribution in [0.5, 0.6) is 0 Å². The predicted octanol–water partition coefficient (Wildman–Crippen LogP) is 3.36. The summed E-state index contributed by atoms with van der Waals surface area (Å²) >= 11 is 5.23. The Bertz CT molecular complexity index is 350. The van der Waals surface area contributed by atoms with E-state index in [1.54, 1.807) is 11.3 Å². The van der Waals surface area contributed by atoms with E-state index in [1.807, 2.05) is 12.1 Å². The van der Waals surface area contributed by atoms with Crippen molar-refractivity contribution in [2.75, 3.05) is 0 Å². The molecule has 0 bridgehead atoms. The number of nitrogens with zero attached hydrogens (tertiary/aromatic N) is 1. The molecule has 2 aromatic rings. The van der Waals surface area contributed by atoms with Gasteiger partial charge in [-0.1, -0.05) is 0 Å². The average molecular weight is 242 g/mol. The van der Waals surface area contributed by atoms with E-state index < -0.39 is 0 Å². The van der Waals surface area contributed by atoms with E-state index in [1.165, 1.54) is 8.66 Å². The Kier molecular flexibility index (Phi) is 2.33. The fourth-order valence-electron chi connectivity index (χ4n) is 1.09. The third-order valence-electron chi connectivity index (χ3n) is 1.63. The fourth-order valence-corrected chi connectivity index (χ4v) is 2.58. The molecule has 0 aliphatic rings. The summed E-state index contributed by atoms with van der Waals surface area (Å²) in [5, 5.41) is 0. The quantitative estimate of drug-likeness (QED) is 0.760. The van der Waals surface area contributed by atoms with Gasteiger partial charge in [0.05, 0.1) is 10.3 Å². The fraction of sp³-hybridized carbons (Fsp3) is 0.111. The molecule has 2 aromatic heterocycles. The van der Waals surface area contributed by atoms with E-state index in [4.69, 9.17) is 0 Å². The van der Waals surface area contributed by atoms with E-state index in [0.717, 1.165) is 6.54 Å². The molecule has 0 N–H and O–H groups in total. The summed E-state index contributed by atoms with van der Waals surface area (Å²) in [6.07, 6.45) is 4.15. The molecule has 2 rings (SSSR count). The van der Waals surface area contributed by atoms with Crippen molar-refractivity contribution in [3.05, 3.63) is 45.3 Å². The number of hydrogen-bond acceptors (Lipinski definition) is 1. The van der Waals surface area contributed by atoms with Crippen LogP contribution in [-0.2, 0) is 6.54 Å². The number of aromatic nitrogens is 1. The van der Waals surface area contributed by atoms with Gasteiger partial charge in [0.2, 0.25) is 0 Å². The molecule has 0 aromatic carbocycles. The van der Waals surface area contributed by atoms with Crippen molar-refractivity contribution < 1.29 is 0 Å². The molecule has 2 heterocycles. The van der Waals surface area contributed by atoms with E-state index in [-0.39, 0.29) is 0 Å². The topological polar surface area (TPSA) is 4.93 Å². The van der Waals surface area contributed by atoms with Gasteiger partial charge >= 0.3 is 0 Å². The van der Waals surface area contributed by atoms with Gasteiger partial charge in [0.1, 0.15) is 0 Å². The Hall–Kier alpha value is -0.540. The molecule has 0 fully saturated rings. The van der Waals surface area contributed by atoms with Gasteiger partial charge in [-0.3, -0.25) is 0 Å². The van der Waals surface area contributed by atoms with Gasteiger partial charge in [-0.2, -0.15) is 0 Å². The summed E-state index contributed by atoms with van der Waals surface area (Å²) in [5.74, 6) is 0. The van der Waals surface area contributed by atoms with Crippen LogP contribution in [0.15, 0.2) is 40.4 Å². The first-order chi connectivity index (χ1) is 5.84. The van der Waals surface area contributed by atoms with Crippen molar-refractivity contribution in [2.24, 2.45) is 0 Å². The van der Waals surface area contributed by atoms with Crippen LogP contribution in [-0.4, -0.2) is 4.57 Å². The first-order valence-electron chi connectivity index (χ1n) is 3.69. The van der Waals surface area contributed by atoms with Crippen molar-refractivity contribution >= 4 is 27.3 Å². The number of thiophene rings is 1. The minimum absolute atomic E-state index is 0.975. The lowest BCUT2D eigenvalue weighted by molar-refractivity contribution is 0.819. The molecular formula is C9H8BrNS. The van der Waals surface area contributed by atoms with Crippen LogP contribution in [0.3, 0.4) is 0 Å². The monoisotopic (exact) mass is 241 g/mol. The van der Waals surface area contributed by atoms with Crippen LogP contribution in [0, 0.1) is 0 Å². The normalized spacial score (nSPS) is 10.4. The van der Waals surface area contributed by atoms with Crippen LogP contribution >= 0.6 is 27.3 Å². The molecule has 0 radical (unpaired) electrons. The van der Waals surface area contributed by atoms with Gasteiger partial charge in [-0.05, 0) is 40.2 Å². The summed E-state index contributed by atoms with van der Waals surface area (Å²) in [4.78, 5) is 1.37. The maximum Gasteiger partial charge on any atom is 0.0702 e. The van der Waals surface area contributed by atoms with Gasteiger partial charge in [0.25, 0.3) is 0 Å². The van der Waals surface area contributed by atoms with Gasteiger partial charge < -0.3 is 4.57 Å². The van der Waals surface area contributed by atoms with Gasteiger partial charge in [-0.25, -0.2) is 0 Å². The van der Waals surface area contributed by atoms with Crippen LogP contribution in [0.4, 0.5) is 0 Å². The van der Waals surface area contributed by atoms with Crippen molar-refractivity contribution in [2.45, 2.75) is 6.54 Å². The highest BCUT2D eigenvalue weighted by Crippen LogP contribution is 2.22.